The predicted molar refractivity (Wildman–Crippen MR) is 94.1 cm³/mol. The SMILES string of the molecule is COCc1nnc2n1CCC1(CC2)CCN(Cc2ccc(C)o2)CC1. The summed E-state index contributed by atoms with van der Waals surface area (Å²) in [5.41, 5.74) is 0.459. The van der Waals surface area contributed by atoms with Gasteiger partial charge in [0.1, 0.15) is 24.0 Å². The van der Waals surface area contributed by atoms with Crippen LogP contribution in [-0.2, 0) is 30.9 Å². The third kappa shape index (κ3) is 3.51. The highest BCUT2D eigenvalue weighted by Crippen LogP contribution is 2.42. The molecule has 6 heteroatoms. The number of aryl methyl sites for hydroxylation is 2. The van der Waals surface area contributed by atoms with Crippen LogP contribution in [0.5, 0.6) is 0 Å². The molecule has 2 aromatic heterocycles. The minimum absolute atomic E-state index is 0.459. The molecular weight excluding hydrogens is 316 g/mol. The number of hydrogen-bond donors (Lipinski definition) is 0. The Hall–Kier alpha value is -1.66. The van der Waals surface area contributed by atoms with E-state index in [1.165, 1.54) is 25.7 Å². The van der Waals surface area contributed by atoms with Gasteiger partial charge in [-0.2, -0.15) is 0 Å². The van der Waals surface area contributed by atoms with Crippen molar-refractivity contribution in [3.05, 3.63) is 35.3 Å². The summed E-state index contributed by atoms with van der Waals surface area (Å²) in [6.07, 6.45) is 6.03. The van der Waals surface area contributed by atoms with Crippen LogP contribution in [0.1, 0.15) is 48.9 Å². The summed E-state index contributed by atoms with van der Waals surface area (Å²) in [5.74, 6) is 4.20. The molecule has 1 saturated heterocycles. The summed E-state index contributed by atoms with van der Waals surface area (Å²) in [6.45, 7) is 6.84. The molecule has 6 nitrogen and oxygen atoms in total. The van der Waals surface area contributed by atoms with Crippen molar-refractivity contribution in [1.82, 2.24) is 19.7 Å². The van der Waals surface area contributed by atoms with E-state index >= 15 is 0 Å². The number of likely N-dealkylation sites (tertiary alicyclic amines) is 1. The summed E-state index contributed by atoms with van der Waals surface area (Å²) < 4.78 is 13.3. The van der Waals surface area contributed by atoms with E-state index in [2.05, 4.69) is 31.8 Å². The van der Waals surface area contributed by atoms with Crippen molar-refractivity contribution >= 4 is 0 Å². The molecule has 4 heterocycles. The van der Waals surface area contributed by atoms with Crippen LogP contribution in [0.15, 0.2) is 16.5 Å². The lowest BCUT2D eigenvalue weighted by Gasteiger charge is -2.41. The first-order valence-corrected chi connectivity index (χ1v) is 9.35. The molecule has 0 N–H and O–H groups in total. The molecule has 2 aromatic rings. The van der Waals surface area contributed by atoms with Gasteiger partial charge in [0.25, 0.3) is 0 Å². The summed E-state index contributed by atoms with van der Waals surface area (Å²) in [5, 5.41) is 8.69. The second kappa shape index (κ2) is 6.92. The number of ether oxygens (including phenoxy) is 1. The van der Waals surface area contributed by atoms with Gasteiger partial charge in [0.2, 0.25) is 0 Å². The van der Waals surface area contributed by atoms with Crippen LogP contribution >= 0.6 is 0 Å². The molecule has 0 radical (unpaired) electrons. The fraction of sp³-hybridized carbons (Fsp3) is 0.684. The van der Waals surface area contributed by atoms with E-state index in [-0.39, 0.29) is 0 Å². The summed E-state index contributed by atoms with van der Waals surface area (Å²) in [7, 11) is 1.72. The van der Waals surface area contributed by atoms with Crippen LogP contribution in [0.4, 0.5) is 0 Å². The van der Waals surface area contributed by atoms with E-state index < -0.39 is 0 Å². The highest BCUT2D eigenvalue weighted by Gasteiger charge is 2.36. The molecule has 0 amide bonds. The number of aromatic nitrogens is 3. The minimum Gasteiger partial charge on any atom is -0.465 e. The van der Waals surface area contributed by atoms with Crippen molar-refractivity contribution < 1.29 is 9.15 Å². The lowest BCUT2D eigenvalue weighted by Crippen LogP contribution is -2.40. The number of hydrogen-bond acceptors (Lipinski definition) is 5. The first-order chi connectivity index (χ1) is 12.2. The molecule has 4 rings (SSSR count). The van der Waals surface area contributed by atoms with Gasteiger partial charge >= 0.3 is 0 Å². The lowest BCUT2D eigenvalue weighted by atomic mass is 9.73. The summed E-state index contributed by atoms with van der Waals surface area (Å²) in [4.78, 5) is 2.53. The van der Waals surface area contributed by atoms with Gasteiger partial charge in [-0.05, 0) is 63.2 Å². The number of fused-ring (bicyclic) bond motifs is 1. The number of rotatable bonds is 4. The van der Waals surface area contributed by atoms with Crippen molar-refractivity contribution in [1.29, 1.82) is 0 Å². The standard InChI is InChI=1S/C19H28N4O2/c1-15-3-4-16(25-15)13-22-10-7-19(8-11-22)6-5-17-20-21-18(14-24-2)23(17)12-9-19/h3-4H,5-14H2,1-2H3. The molecule has 0 bridgehead atoms. The van der Waals surface area contributed by atoms with Gasteiger partial charge in [-0.1, -0.05) is 0 Å². The molecule has 0 atom stereocenters. The van der Waals surface area contributed by atoms with Crippen molar-refractivity contribution in [2.75, 3.05) is 20.2 Å². The molecule has 0 aromatic carbocycles. The van der Waals surface area contributed by atoms with Crippen LogP contribution in [0.25, 0.3) is 0 Å². The zero-order valence-corrected chi connectivity index (χ0v) is 15.3. The molecule has 2 aliphatic rings. The topological polar surface area (TPSA) is 56.3 Å². The Labute approximate surface area is 149 Å². The van der Waals surface area contributed by atoms with E-state index in [1.807, 2.05) is 6.92 Å². The highest BCUT2D eigenvalue weighted by molar-refractivity contribution is 5.06. The monoisotopic (exact) mass is 344 g/mol. The van der Waals surface area contributed by atoms with E-state index in [4.69, 9.17) is 9.15 Å². The maximum atomic E-state index is 5.74. The average molecular weight is 344 g/mol. The molecule has 136 valence electrons. The maximum Gasteiger partial charge on any atom is 0.159 e. The van der Waals surface area contributed by atoms with E-state index in [9.17, 15) is 0 Å². The van der Waals surface area contributed by atoms with Crippen molar-refractivity contribution in [3.63, 3.8) is 0 Å². The van der Waals surface area contributed by atoms with Gasteiger partial charge < -0.3 is 13.7 Å². The van der Waals surface area contributed by atoms with Gasteiger partial charge in [0.05, 0.1) is 6.54 Å². The molecule has 0 aliphatic carbocycles. The van der Waals surface area contributed by atoms with E-state index in [0.717, 1.165) is 55.8 Å². The van der Waals surface area contributed by atoms with Crippen molar-refractivity contribution in [2.24, 2.45) is 5.41 Å². The van der Waals surface area contributed by atoms with Crippen LogP contribution in [0.2, 0.25) is 0 Å². The predicted octanol–water partition coefficient (Wildman–Crippen LogP) is 2.94. The molecular formula is C19H28N4O2. The van der Waals surface area contributed by atoms with Crippen LogP contribution < -0.4 is 0 Å². The fourth-order valence-electron chi connectivity index (χ4n) is 4.38. The quantitative estimate of drug-likeness (QED) is 0.853. The first-order valence-electron chi connectivity index (χ1n) is 9.35. The zero-order valence-electron chi connectivity index (χ0n) is 15.3. The van der Waals surface area contributed by atoms with Gasteiger partial charge in [-0.15, -0.1) is 10.2 Å². The zero-order chi connectivity index (χ0) is 17.3. The minimum atomic E-state index is 0.459. The van der Waals surface area contributed by atoms with Crippen molar-refractivity contribution in [3.8, 4) is 0 Å². The normalized spacial score (nSPS) is 20.6. The second-order valence-corrected chi connectivity index (χ2v) is 7.66. The Morgan fingerprint density at radius 1 is 1.12 bits per heavy atom. The Kier molecular flexibility index (Phi) is 4.65. The third-order valence-corrected chi connectivity index (χ3v) is 6.01. The van der Waals surface area contributed by atoms with Crippen LogP contribution in [-0.4, -0.2) is 39.9 Å². The largest absolute Gasteiger partial charge is 0.465 e. The molecule has 0 saturated carbocycles. The van der Waals surface area contributed by atoms with Crippen molar-refractivity contribution in [2.45, 2.75) is 58.7 Å². The summed E-state index contributed by atoms with van der Waals surface area (Å²) in [6, 6.07) is 4.16. The number of piperidine rings is 1. The maximum absolute atomic E-state index is 5.74. The Balaban J connectivity index is 1.37. The van der Waals surface area contributed by atoms with Gasteiger partial charge in [-0.25, -0.2) is 0 Å². The number of furan rings is 1. The number of methoxy groups -OCH3 is 1. The van der Waals surface area contributed by atoms with Gasteiger partial charge in [0, 0.05) is 20.1 Å². The summed E-state index contributed by atoms with van der Waals surface area (Å²) >= 11 is 0. The molecule has 1 spiro atoms. The molecule has 0 unspecified atom stereocenters. The Morgan fingerprint density at radius 2 is 1.92 bits per heavy atom. The molecule has 1 fully saturated rings. The third-order valence-electron chi connectivity index (χ3n) is 6.01. The number of nitrogens with zero attached hydrogens (tertiary/aromatic N) is 4. The molecule has 2 aliphatic heterocycles. The highest BCUT2D eigenvalue weighted by atomic mass is 16.5. The van der Waals surface area contributed by atoms with Gasteiger partial charge in [-0.3, -0.25) is 4.90 Å². The fourth-order valence-corrected chi connectivity index (χ4v) is 4.38. The second-order valence-electron chi connectivity index (χ2n) is 7.66. The smallest absolute Gasteiger partial charge is 0.159 e. The van der Waals surface area contributed by atoms with E-state index in [1.54, 1.807) is 7.11 Å². The van der Waals surface area contributed by atoms with Crippen LogP contribution in [0.3, 0.4) is 0 Å². The first kappa shape index (κ1) is 16.8. The average Bonchev–Trinajstić information content (AvgIpc) is 3.15. The lowest BCUT2D eigenvalue weighted by molar-refractivity contribution is 0.0778. The van der Waals surface area contributed by atoms with Gasteiger partial charge in [0.15, 0.2) is 5.82 Å². The van der Waals surface area contributed by atoms with Crippen LogP contribution in [0, 0.1) is 12.3 Å². The Bertz CT molecular complexity index is 713. The van der Waals surface area contributed by atoms with E-state index in [0.29, 0.717) is 12.0 Å². The molecule has 25 heavy (non-hydrogen) atoms. The Morgan fingerprint density at radius 3 is 2.64 bits per heavy atom.